The normalized spacial score (nSPS) is 18.1. The van der Waals surface area contributed by atoms with Gasteiger partial charge in [-0.25, -0.2) is 4.39 Å². The van der Waals surface area contributed by atoms with Crippen LogP contribution >= 0.6 is 0 Å². The minimum Gasteiger partial charge on any atom is -0.316 e. The van der Waals surface area contributed by atoms with E-state index in [1.807, 2.05) is 0 Å². The van der Waals surface area contributed by atoms with Crippen molar-refractivity contribution in [1.29, 1.82) is 0 Å². The number of carbonyl (C=O) groups is 1. The molecule has 1 fully saturated rings. The van der Waals surface area contributed by atoms with Gasteiger partial charge in [-0.2, -0.15) is 0 Å². The first-order valence-electron chi connectivity index (χ1n) is 5.54. The Morgan fingerprint density at radius 2 is 1.94 bits per heavy atom. The average molecular weight is 222 g/mol. The number of halogens is 1. The summed E-state index contributed by atoms with van der Waals surface area (Å²) in [5.74, 6) is -0.177. The predicted molar refractivity (Wildman–Crippen MR) is 60.9 cm³/mol. The van der Waals surface area contributed by atoms with Crippen molar-refractivity contribution in [2.24, 2.45) is 0 Å². The van der Waals surface area contributed by atoms with Gasteiger partial charge in [-0.1, -0.05) is 0 Å². The molecule has 0 bridgehead atoms. The number of rotatable bonds is 1. The first kappa shape index (κ1) is 11.1. The van der Waals surface area contributed by atoms with Gasteiger partial charge in [0, 0.05) is 25.2 Å². The van der Waals surface area contributed by atoms with Gasteiger partial charge in [0.1, 0.15) is 5.82 Å². The summed E-state index contributed by atoms with van der Waals surface area (Å²) < 4.78 is 12.8. The standard InChI is InChI=1S/C12H15FN2O/c13-10-2-4-11(5-3-10)15-9-1-7-14-8-6-12(15)16/h2-5,14H,1,6-9H2. The molecule has 3 nitrogen and oxygen atoms in total. The minimum atomic E-state index is -0.273. The second-order valence-corrected chi connectivity index (χ2v) is 3.88. The van der Waals surface area contributed by atoms with Crippen LogP contribution in [0.3, 0.4) is 0 Å². The highest BCUT2D eigenvalue weighted by molar-refractivity contribution is 5.93. The third-order valence-electron chi connectivity index (χ3n) is 2.69. The topological polar surface area (TPSA) is 32.3 Å². The number of amides is 1. The molecule has 1 heterocycles. The maximum Gasteiger partial charge on any atom is 0.228 e. The van der Waals surface area contributed by atoms with Crippen molar-refractivity contribution in [2.45, 2.75) is 12.8 Å². The molecule has 1 aromatic carbocycles. The van der Waals surface area contributed by atoms with Crippen molar-refractivity contribution in [2.75, 3.05) is 24.5 Å². The molecule has 86 valence electrons. The Morgan fingerprint density at radius 1 is 1.19 bits per heavy atom. The van der Waals surface area contributed by atoms with Crippen molar-refractivity contribution in [1.82, 2.24) is 5.32 Å². The Labute approximate surface area is 94.3 Å². The molecule has 0 unspecified atom stereocenters. The van der Waals surface area contributed by atoms with E-state index in [1.54, 1.807) is 17.0 Å². The first-order valence-corrected chi connectivity index (χ1v) is 5.54. The second-order valence-electron chi connectivity index (χ2n) is 3.88. The van der Waals surface area contributed by atoms with Gasteiger partial charge in [0.25, 0.3) is 0 Å². The van der Waals surface area contributed by atoms with Crippen molar-refractivity contribution in [3.8, 4) is 0 Å². The number of hydrogen-bond acceptors (Lipinski definition) is 2. The molecule has 1 aromatic rings. The second kappa shape index (κ2) is 5.07. The molecule has 0 aromatic heterocycles. The van der Waals surface area contributed by atoms with Crippen LogP contribution in [0.1, 0.15) is 12.8 Å². The van der Waals surface area contributed by atoms with E-state index in [0.29, 0.717) is 13.0 Å². The summed E-state index contributed by atoms with van der Waals surface area (Å²) in [5, 5.41) is 3.19. The van der Waals surface area contributed by atoms with E-state index < -0.39 is 0 Å². The van der Waals surface area contributed by atoms with Crippen molar-refractivity contribution < 1.29 is 9.18 Å². The highest BCUT2D eigenvalue weighted by Crippen LogP contribution is 2.16. The Balaban J connectivity index is 2.15. The summed E-state index contributed by atoms with van der Waals surface area (Å²) >= 11 is 0. The van der Waals surface area contributed by atoms with E-state index in [0.717, 1.165) is 25.2 Å². The number of hydrogen-bond donors (Lipinski definition) is 1. The summed E-state index contributed by atoms with van der Waals surface area (Å²) in [4.78, 5) is 13.6. The smallest absolute Gasteiger partial charge is 0.228 e. The van der Waals surface area contributed by atoms with Gasteiger partial charge >= 0.3 is 0 Å². The fraction of sp³-hybridized carbons (Fsp3) is 0.417. The molecule has 0 aliphatic carbocycles. The van der Waals surface area contributed by atoms with Crippen LogP contribution < -0.4 is 10.2 Å². The fourth-order valence-corrected chi connectivity index (χ4v) is 1.84. The number of carbonyl (C=O) groups excluding carboxylic acids is 1. The van der Waals surface area contributed by atoms with Gasteiger partial charge in [-0.3, -0.25) is 4.79 Å². The van der Waals surface area contributed by atoms with Crippen molar-refractivity contribution >= 4 is 11.6 Å². The summed E-state index contributed by atoms with van der Waals surface area (Å²) in [5.41, 5.74) is 0.785. The number of anilines is 1. The molecule has 0 atom stereocenters. The maximum absolute atomic E-state index is 12.8. The van der Waals surface area contributed by atoms with Crippen LogP contribution in [0.4, 0.5) is 10.1 Å². The Kier molecular flexibility index (Phi) is 3.51. The molecular weight excluding hydrogens is 207 g/mol. The SMILES string of the molecule is O=C1CCNCCCN1c1ccc(F)cc1. The molecule has 1 aliphatic heterocycles. The lowest BCUT2D eigenvalue weighted by Crippen LogP contribution is -2.38. The lowest BCUT2D eigenvalue weighted by Gasteiger charge is -2.25. The molecule has 1 N–H and O–H groups in total. The third kappa shape index (κ3) is 2.58. The molecule has 1 aliphatic rings. The van der Waals surface area contributed by atoms with Crippen LogP contribution in [-0.2, 0) is 4.79 Å². The zero-order valence-corrected chi connectivity index (χ0v) is 9.08. The molecular formula is C12H15FN2O. The van der Waals surface area contributed by atoms with Crippen LogP contribution in [0.15, 0.2) is 24.3 Å². The maximum atomic E-state index is 12.8. The van der Waals surface area contributed by atoms with Crippen molar-refractivity contribution in [3.63, 3.8) is 0 Å². The highest BCUT2D eigenvalue weighted by atomic mass is 19.1. The molecule has 0 saturated carbocycles. The Hall–Kier alpha value is -1.42. The van der Waals surface area contributed by atoms with E-state index in [-0.39, 0.29) is 11.7 Å². The molecule has 0 radical (unpaired) electrons. The number of nitrogens with one attached hydrogen (secondary N) is 1. The summed E-state index contributed by atoms with van der Waals surface area (Å²) in [6.45, 7) is 2.33. The van der Waals surface area contributed by atoms with Gasteiger partial charge in [-0.15, -0.1) is 0 Å². The van der Waals surface area contributed by atoms with Crippen LogP contribution in [0, 0.1) is 5.82 Å². The van der Waals surface area contributed by atoms with Crippen LogP contribution in [0.2, 0.25) is 0 Å². The van der Waals surface area contributed by atoms with Gasteiger partial charge in [0.2, 0.25) is 5.91 Å². The van der Waals surface area contributed by atoms with Crippen molar-refractivity contribution in [3.05, 3.63) is 30.1 Å². The van der Waals surface area contributed by atoms with E-state index in [2.05, 4.69) is 5.32 Å². The fourth-order valence-electron chi connectivity index (χ4n) is 1.84. The van der Waals surface area contributed by atoms with Gasteiger partial charge in [-0.05, 0) is 37.2 Å². The first-order chi connectivity index (χ1) is 7.77. The van der Waals surface area contributed by atoms with Crippen LogP contribution in [-0.4, -0.2) is 25.5 Å². The summed E-state index contributed by atoms with van der Waals surface area (Å²) in [6.07, 6.45) is 1.42. The molecule has 16 heavy (non-hydrogen) atoms. The van der Waals surface area contributed by atoms with E-state index >= 15 is 0 Å². The average Bonchev–Trinajstić information content (AvgIpc) is 2.26. The van der Waals surface area contributed by atoms with Gasteiger partial charge in [0.05, 0.1) is 0 Å². The van der Waals surface area contributed by atoms with Gasteiger partial charge in [0.15, 0.2) is 0 Å². The minimum absolute atomic E-state index is 0.0961. The zero-order valence-electron chi connectivity index (χ0n) is 9.08. The van der Waals surface area contributed by atoms with E-state index in [4.69, 9.17) is 0 Å². The Bertz CT molecular complexity index is 364. The molecule has 1 amide bonds. The lowest BCUT2D eigenvalue weighted by atomic mass is 10.2. The largest absolute Gasteiger partial charge is 0.316 e. The zero-order chi connectivity index (χ0) is 11.4. The van der Waals surface area contributed by atoms with Crippen LogP contribution in [0.5, 0.6) is 0 Å². The monoisotopic (exact) mass is 222 g/mol. The molecule has 2 rings (SSSR count). The predicted octanol–water partition coefficient (Wildman–Crippen LogP) is 1.54. The van der Waals surface area contributed by atoms with E-state index in [9.17, 15) is 9.18 Å². The molecule has 0 spiro atoms. The Morgan fingerprint density at radius 3 is 2.69 bits per heavy atom. The lowest BCUT2D eigenvalue weighted by molar-refractivity contribution is -0.118. The molecule has 1 saturated heterocycles. The number of benzene rings is 1. The summed E-state index contributed by atoms with van der Waals surface area (Å²) in [6, 6.07) is 6.09. The number of nitrogens with zero attached hydrogens (tertiary/aromatic N) is 1. The quantitative estimate of drug-likeness (QED) is 0.781. The summed E-state index contributed by atoms with van der Waals surface area (Å²) in [7, 11) is 0. The molecule has 4 heteroatoms. The third-order valence-corrected chi connectivity index (χ3v) is 2.69. The van der Waals surface area contributed by atoms with Gasteiger partial charge < -0.3 is 10.2 Å². The highest BCUT2D eigenvalue weighted by Gasteiger charge is 2.16. The van der Waals surface area contributed by atoms with Crippen LogP contribution in [0.25, 0.3) is 0 Å². The van der Waals surface area contributed by atoms with E-state index in [1.165, 1.54) is 12.1 Å².